The van der Waals surface area contributed by atoms with Crippen LogP contribution in [0.1, 0.15) is 113 Å². The van der Waals surface area contributed by atoms with Crippen molar-refractivity contribution in [2.75, 3.05) is 0 Å². The summed E-state index contributed by atoms with van der Waals surface area (Å²) in [5.74, 6) is 1.53. The van der Waals surface area contributed by atoms with Crippen LogP contribution in [-0.2, 0) is 0 Å². The van der Waals surface area contributed by atoms with E-state index in [1.807, 2.05) is 24.6 Å². The van der Waals surface area contributed by atoms with Gasteiger partial charge in [-0.15, -0.1) is 0 Å². The molecule has 0 unspecified atom stereocenters. The van der Waals surface area contributed by atoms with E-state index >= 15 is 0 Å². The number of pyridine rings is 1. The molecule has 39 heavy (non-hydrogen) atoms. The van der Waals surface area contributed by atoms with Crippen LogP contribution >= 0.6 is 11.6 Å². The molecule has 0 saturated heterocycles. The number of nitrogens with zero attached hydrogens (tertiary/aromatic N) is 3. The summed E-state index contributed by atoms with van der Waals surface area (Å²) in [7, 11) is 0. The quantitative estimate of drug-likeness (QED) is 0.315. The summed E-state index contributed by atoms with van der Waals surface area (Å²) in [4.78, 5) is 14.6. The predicted molar refractivity (Wildman–Crippen MR) is 153 cm³/mol. The number of halogens is 4. The fourth-order valence-electron chi connectivity index (χ4n) is 4.25. The van der Waals surface area contributed by atoms with Crippen LogP contribution in [0.5, 0.6) is 0 Å². The molecule has 1 aromatic heterocycles. The molecule has 0 atom stereocenters. The number of benzene rings is 2. The Balaban J connectivity index is 0. The second-order valence-corrected chi connectivity index (χ2v) is 10.8. The van der Waals surface area contributed by atoms with Crippen molar-refractivity contribution in [2.45, 2.75) is 79.1 Å². The van der Waals surface area contributed by atoms with Gasteiger partial charge in [0, 0.05) is 5.02 Å². The van der Waals surface area contributed by atoms with E-state index in [2.05, 4.69) is 91.8 Å². The molecule has 8 heteroatoms. The summed E-state index contributed by atoms with van der Waals surface area (Å²) >= 11 is 6.48. The van der Waals surface area contributed by atoms with Gasteiger partial charge in [0.2, 0.25) is 0 Å². The number of hydrogen-bond acceptors (Lipinski definition) is 3. The van der Waals surface area contributed by atoms with Gasteiger partial charge < -0.3 is 37.2 Å². The maximum atomic E-state index is 6.48. The van der Waals surface area contributed by atoms with E-state index < -0.39 is 0 Å². The average Bonchev–Trinajstić information content (AvgIpc) is 2.80. The molecule has 1 heterocycles. The summed E-state index contributed by atoms with van der Waals surface area (Å²) in [6, 6.07) is 16.6. The van der Waals surface area contributed by atoms with Crippen molar-refractivity contribution in [3.63, 3.8) is 0 Å². The molecule has 0 aliphatic rings. The van der Waals surface area contributed by atoms with Crippen molar-refractivity contribution in [1.82, 2.24) is 4.98 Å². The van der Waals surface area contributed by atoms with Gasteiger partial charge in [-0.1, -0.05) is 103 Å². The van der Waals surface area contributed by atoms with E-state index in [0.29, 0.717) is 40.1 Å². The molecule has 2 aromatic carbocycles. The zero-order chi connectivity index (χ0) is 25.7. The molecular formula is C31H38Cl4N3Nd. The van der Waals surface area contributed by atoms with Gasteiger partial charge in [-0.2, -0.15) is 0 Å². The first-order valence-electron chi connectivity index (χ1n) is 12.6. The topological polar surface area (TPSA) is 37.6 Å². The van der Waals surface area contributed by atoms with Crippen LogP contribution in [0.25, 0.3) is 0 Å². The van der Waals surface area contributed by atoms with Crippen LogP contribution in [0.4, 0.5) is 11.4 Å². The zero-order valence-electron chi connectivity index (χ0n) is 23.9. The number of hydrogen-bond donors (Lipinski definition) is 0. The summed E-state index contributed by atoms with van der Waals surface area (Å²) in [6.45, 7) is 17.6. The Bertz CT molecular complexity index is 1090. The van der Waals surface area contributed by atoms with Gasteiger partial charge in [0.05, 0.1) is 35.2 Å². The van der Waals surface area contributed by atoms with E-state index in [1.165, 1.54) is 22.3 Å². The Hall–Kier alpha value is -0.559. The molecule has 209 valence electrons. The Labute approximate surface area is 291 Å². The second kappa shape index (κ2) is 18.8. The van der Waals surface area contributed by atoms with Gasteiger partial charge in [0.1, 0.15) is 0 Å². The van der Waals surface area contributed by atoms with Crippen molar-refractivity contribution in [1.29, 1.82) is 0 Å². The average molecular weight is 739 g/mol. The van der Waals surface area contributed by atoms with Gasteiger partial charge in [0.25, 0.3) is 0 Å². The third kappa shape index (κ3) is 11.0. The van der Waals surface area contributed by atoms with E-state index in [-0.39, 0.29) is 78.1 Å². The fourth-order valence-corrected chi connectivity index (χ4v) is 4.48. The standard InChI is InChI=1S/C31H38ClN3.3ClH.Nd/c1-19(2)26-11-9-12-27(20(3)4)30(26)33-17-24-15-23(32)16-25(35-24)18-34-31-28(21(5)6)13-10-14-29(31)22(7)8;;;;/h9-22H,1-8H3;3*1H;/q;;;;+3/p-3. The number of aliphatic imine (C=N–C) groups is 2. The summed E-state index contributed by atoms with van der Waals surface area (Å²) in [5.41, 5.74) is 8.45. The van der Waals surface area contributed by atoms with Gasteiger partial charge in [0.15, 0.2) is 0 Å². The van der Waals surface area contributed by atoms with E-state index in [9.17, 15) is 0 Å². The van der Waals surface area contributed by atoms with Crippen molar-refractivity contribution >= 4 is 35.4 Å². The van der Waals surface area contributed by atoms with Gasteiger partial charge in [-0.05, 0) is 58.1 Å². The molecule has 0 aliphatic carbocycles. The Morgan fingerprint density at radius 3 is 1.13 bits per heavy atom. The van der Waals surface area contributed by atoms with Crippen LogP contribution in [0.15, 0.2) is 58.5 Å². The zero-order valence-corrected chi connectivity index (χ0v) is 30.2. The summed E-state index contributed by atoms with van der Waals surface area (Å²) in [6.07, 6.45) is 3.63. The van der Waals surface area contributed by atoms with Crippen molar-refractivity contribution in [3.8, 4) is 0 Å². The Morgan fingerprint density at radius 1 is 0.590 bits per heavy atom. The molecule has 0 saturated carbocycles. The van der Waals surface area contributed by atoms with Gasteiger partial charge >= 0.3 is 40.8 Å². The number of rotatable bonds is 8. The van der Waals surface area contributed by atoms with E-state index in [4.69, 9.17) is 26.6 Å². The first kappa shape index (κ1) is 40.6. The first-order chi connectivity index (χ1) is 16.6. The monoisotopic (exact) mass is 734 g/mol. The summed E-state index contributed by atoms with van der Waals surface area (Å²) < 4.78 is 0. The smallest absolute Gasteiger partial charge is 1.00 e. The van der Waals surface area contributed by atoms with Crippen LogP contribution in [-0.4, -0.2) is 17.4 Å². The van der Waals surface area contributed by atoms with Crippen LogP contribution in [0, 0.1) is 40.8 Å². The molecule has 0 amide bonds. The van der Waals surface area contributed by atoms with Crippen molar-refractivity contribution in [3.05, 3.63) is 87.2 Å². The van der Waals surface area contributed by atoms with Crippen LogP contribution in [0.3, 0.4) is 0 Å². The van der Waals surface area contributed by atoms with E-state index in [1.54, 1.807) is 0 Å². The maximum absolute atomic E-state index is 6.48. The largest absolute Gasteiger partial charge is 3.00 e. The SMILES string of the molecule is CC(C)c1cccc(C(C)C)c1N=Cc1cc(Cl)cc(C=Nc2c(C(C)C)cccc2C(C)C)n1.[Cl-].[Cl-].[Cl-].[Nd+3]. The number of aromatic nitrogens is 1. The summed E-state index contributed by atoms with van der Waals surface area (Å²) in [5, 5.41) is 0.616. The molecule has 0 fully saturated rings. The normalized spacial score (nSPS) is 11.1. The minimum Gasteiger partial charge on any atom is -1.00 e. The minimum atomic E-state index is 0. The molecule has 0 spiro atoms. The Morgan fingerprint density at radius 2 is 0.872 bits per heavy atom. The second-order valence-electron chi connectivity index (χ2n) is 10.3. The maximum Gasteiger partial charge on any atom is 3.00 e. The van der Waals surface area contributed by atoms with E-state index in [0.717, 1.165) is 11.4 Å². The minimum absolute atomic E-state index is 0. The van der Waals surface area contributed by atoms with Crippen molar-refractivity contribution in [2.24, 2.45) is 9.98 Å². The molecule has 1 radical (unpaired) electrons. The molecule has 3 aromatic rings. The molecule has 3 rings (SSSR count). The van der Waals surface area contributed by atoms with Gasteiger partial charge in [-0.3, -0.25) is 9.98 Å². The number of para-hydroxylation sites is 2. The third-order valence-corrected chi connectivity index (χ3v) is 6.38. The third-order valence-electron chi connectivity index (χ3n) is 6.17. The van der Waals surface area contributed by atoms with Crippen molar-refractivity contribution < 1.29 is 78.1 Å². The Kier molecular flexibility index (Phi) is 19.5. The molecular weight excluding hydrogens is 700 g/mol. The molecule has 0 aliphatic heterocycles. The van der Waals surface area contributed by atoms with Crippen LogP contribution < -0.4 is 37.2 Å². The molecule has 3 nitrogen and oxygen atoms in total. The fraction of sp³-hybridized carbons (Fsp3) is 0.387. The molecule has 0 N–H and O–H groups in total. The predicted octanol–water partition coefficient (Wildman–Crippen LogP) is 0.742. The first-order valence-corrected chi connectivity index (χ1v) is 13.0. The van der Waals surface area contributed by atoms with Crippen LogP contribution in [0.2, 0.25) is 5.02 Å². The molecule has 0 bridgehead atoms. The van der Waals surface area contributed by atoms with Gasteiger partial charge in [-0.25, -0.2) is 4.98 Å².